The molecule has 0 bridgehead atoms. The van der Waals surface area contributed by atoms with Gasteiger partial charge in [-0.3, -0.25) is 0 Å². The minimum atomic E-state index is -2.65. The van der Waals surface area contributed by atoms with E-state index in [1.54, 1.807) is 6.20 Å². The third-order valence-electron chi connectivity index (χ3n) is 3.38. The van der Waals surface area contributed by atoms with Crippen molar-refractivity contribution in [3.8, 4) is 5.13 Å². The van der Waals surface area contributed by atoms with Gasteiger partial charge in [0.15, 0.2) is 10.7 Å². The maximum atomic E-state index is 12.7. The lowest BCUT2D eigenvalue weighted by molar-refractivity contribution is -0.182. The molecule has 2 N–H and O–H groups in total. The lowest BCUT2D eigenvalue weighted by atomic mass is 10.2. The van der Waals surface area contributed by atoms with Crippen molar-refractivity contribution in [1.29, 1.82) is 0 Å². The minimum Gasteiger partial charge on any atom is -0.372 e. The highest BCUT2D eigenvalue weighted by atomic mass is 32.2. The van der Waals surface area contributed by atoms with Gasteiger partial charge in [0, 0.05) is 10.3 Å². The van der Waals surface area contributed by atoms with Crippen LogP contribution < -0.4 is 4.72 Å². The number of nitrogens with one attached hydrogen (secondary N) is 1. The number of benzene rings is 1. The Balaban J connectivity index is 1.62. The first-order chi connectivity index (χ1) is 11.5. The molecular formula is C13H11F2N5O2S2. The van der Waals surface area contributed by atoms with Gasteiger partial charge in [0.2, 0.25) is 5.13 Å². The summed E-state index contributed by atoms with van der Waals surface area (Å²) in [5, 5.41) is 22.2. The van der Waals surface area contributed by atoms with E-state index in [9.17, 15) is 13.9 Å². The van der Waals surface area contributed by atoms with E-state index in [1.807, 2.05) is 18.2 Å². The molecule has 1 saturated heterocycles. The third-order valence-corrected chi connectivity index (χ3v) is 5.26. The summed E-state index contributed by atoms with van der Waals surface area (Å²) >= 11 is 2.06. The minimum absolute atomic E-state index is 0.237. The molecule has 24 heavy (non-hydrogen) atoms. The summed E-state index contributed by atoms with van der Waals surface area (Å²) in [6, 6.07) is 5.57. The highest BCUT2D eigenvalue weighted by Crippen LogP contribution is 2.29. The van der Waals surface area contributed by atoms with Crippen LogP contribution in [-0.4, -0.2) is 44.0 Å². The molecule has 7 nitrogen and oxygen atoms in total. The normalized spacial score (nSPS) is 16.7. The van der Waals surface area contributed by atoms with E-state index in [0.717, 1.165) is 27.1 Å². The molecule has 126 valence electrons. The molecule has 1 fully saturated rings. The van der Waals surface area contributed by atoms with E-state index in [0.29, 0.717) is 0 Å². The predicted octanol–water partition coefficient (Wildman–Crippen LogP) is 2.13. The van der Waals surface area contributed by atoms with Crippen molar-refractivity contribution in [2.45, 2.75) is 17.0 Å². The number of halogens is 2. The van der Waals surface area contributed by atoms with E-state index in [4.69, 9.17) is 4.74 Å². The van der Waals surface area contributed by atoms with E-state index in [-0.39, 0.29) is 23.4 Å². The lowest BCUT2D eigenvalue weighted by Crippen LogP contribution is -2.57. The number of hydrogen-bond acceptors (Lipinski definition) is 8. The molecule has 1 aliphatic rings. The number of alkyl halides is 2. The number of ether oxygens (including phenoxy) is 1. The predicted molar refractivity (Wildman–Crippen MR) is 84.3 cm³/mol. The molecule has 0 spiro atoms. The average molecular weight is 371 g/mol. The largest absolute Gasteiger partial charge is 0.372 e. The molecule has 3 heterocycles. The summed E-state index contributed by atoms with van der Waals surface area (Å²) in [4.78, 5) is 0.836. The van der Waals surface area contributed by atoms with Crippen LogP contribution in [0.1, 0.15) is 11.4 Å². The number of aromatic nitrogens is 4. The average Bonchev–Trinajstić information content (AvgIpc) is 3.17. The van der Waals surface area contributed by atoms with Crippen molar-refractivity contribution in [2.75, 3.05) is 13.2 Å². The topological polar surface area (TPSA) is 85.1 Å². The second-order valence-corrected chi connectivity index (χ2v) is 7.10. The molecule has 2 aromatic heterocycles. The smallest absolute Gasteiger partial charge is 0.291 e. The Kier molecular flexibility index (Phi) is 3.96. The van der Waals surface area contributed by atoms with E-state index < -0.39 is 12.2 Å². The Morgan fingerprint density at radius 2 is 2.21 bits per heavy atom. The summed E-state index contributed by atoms with van der Waals surface area (Å²) in [7, 11) is 0. The molecule has 0 unspecified atom stereocenters. The molecule has 1 aliphatic heterocycles. The van der Waals surface area contributed by atoms with Gasteiger partial charge in [-0.1, -0.05) is 17.4 Å². The van der Waals surface area contributed by atoms with Crippen LogP contribution in [0, 0.1) is 0 Å². The van der Waals surface area contributed by atoms with Crippen LogP contribution in [0.25, 0.3) is 16.0 Å². The van der Waals surface area contributed by atoms with E-state index in [1.165, 1.54) is 16.6 Å². The Morgan fingerprint density at radius 1 is 1.38 bits per heavy atom. The van der Waals surface area contributed by atoms with Crippen molar-refractivity contribution in [3.63, 3.8) is 0 Å². The first kappa shape index (κ1) is 15.8. The van der Waals surface area contributed by atoms with Crippen molar-refractivity contribution >= 4 is 34.2 Å². The summed E-state index contributed by atoms with van der Waals surface area (Å²) in [5.41, 5.74) is -0.304. The van der Waals surface area contributed by atoms with Gasteiger partial charge in [-0.2, -0.15) is 5.10 Å². The van der Waals surface area contributed by atoms with Crippen LogP contribution >= 0.6 is 23.3 Å². The standard InChI is InChI=1S/C13H11F2N5O2S2/c14-10(15)11-17-18-12(23-11)20-9-3-8(2-1-7(9)4-16-20)24-19-13(21)5-22-6-13/h1-4,10,19,21H,5-6H2. The van der Waals surface area contributed by atoms with E-state index in [2.05, 4.69) is 20.0 Å². The maximum Gasteiger partial charge on any atom is 0.291 e. The van der Waals surface area contributed by atoms with Gasteiger partial charge in [0.25, 0.3) is 6.43 Å². The summed E-state index contributed by atoms with van der Waals surface area (Å²) < 4.78 is 34.8. The fraction of sp³-hybridized carbons (Fsp3) is 0.308. The lowest BCUT2D eigenvalue weighted by Gasteiger charge is -2.36. The highest BCUT2D eigenvalue weighted by molar-refractivity contribution is 7.97. The molecule has 3 aromatic rings. The number of fused-ring (bicyclic) bond motifs is 1. The fourth-order valence-corrected chi connectivity index (χ4v) is 3.53. The Morgan fingerprint density at radius 3 is 2.88 bits per heavy atom. The quantitative estimate of drug-likeness (QED) is 0.525. The SMILES string of the molecule is OC1(NSc2ccc3cnn(-c4nnc(C(F)F)s4)c3c2)COC1. The van der Waals surface area contributed by atoms with Gasteiger partial charge < -0.3 is 9.84 Å². The number of hydrogen-bond donors (Lipinski definition) is 2. The maximum absolute atomic E-state index is 12.7. The molecular weight excluding hydrogens is 360 g/mol. The van der Waals surface area contributed by atoms with Crippen LogP contribution in [0.5, 0.6) is 0 Å². The molecule has 0 aliphatic carbocycles. The van der Waals surface area contributed by atoms with Crippen LogP contribution in [0.3, 0.4) is 0 Å². The molecule has 0 radical (unpaired) electrons. The van der Waals surface area contributed by atoms with Crippen LogP contribution in [0.2, 0.25) is 0 Å². The Bertz CT molecular complexity index is 880. The molecule has 0 atom stereocenters. The zero-order chi connectivity index (χ0) is 16.7. The van der Waals surface area contributed by atoms with Crippen LogP contribution in [-0.2, 0) is 4.74 Å². The Labute approximate surface area is 142 Å². The monoisotopic (exact) mass is 371 g/mol. The van der Waals surface area contributed by atoms with Gasteiger partial charge >= 0.3 is 0 Å². The van der Waals surface area contributed by atoms with Gasteiger partial charge in [0.05, 0.1) is 24.9 Å². The van der Waals surface area contributed by atoms with Crippen LogP contribution in [0.4, 0.5) is 8.78 Å². The fourth-order valence-electron chi connectivity index (χ4n) is 2.12. The van der Waals surface area contributed by atoms with Gasteiger partial charge in [0.1, 0.15) is 0 Å². The van der Waals surface area contributed by atoms with Gasteiger partial charge in [-0.25, -0.2) is 18.2 Å². The van der Waals surface area contributed by atoms with Crippen molar-refractivity contribution in [3.05, 3.63) is 29.4 Å². The third kappa shape index (κ3) is 2.89. The highest BCUT2D eigenvalue weighted by Gasteiger charge is 2.35. The molecule has 0 amide bonds. The molecule has 4 rings (SSSR count). The molecule has 0 saturated carbocycles. The second-order valence-electron chi connectivity index (χ2n) is 5.23. The summed E-state index contributed by atoms with van der Waals surface area (Å²) in [6.07, 6.45) is -1.02. The van der Waals surface area contributed by atoms with Crippen molar-refractivity contribution in [2.24, 2.45) is 0 Å². The van der Waals surface area contributed by atoms with Crippen LogP contribution in [0.15, 0.2) is 29.3 Å². The van der Waals surface area contributed by atoms with Crippen molar-refractivity contribution < 1.29 is 18.6 Å². The van der Waals surface area contributed by atoms with Gasteiger partial charge in [-0.15, -0.1) is 10.2 Å². The number of rotatable bonds is 5. The summed E-state index contributed by atoms with van der Waals surface area (Å²) in [6.45, 7) is 0.475. The van der Waals surface area contributed by atoms with Crippen molar-refractivity contribution in [1.82, 2.24) is 24.7 Å². The zero-order valence-electron chi connectivity index (χ0n) is 12.0. The first-order valence-electron chi connectivity index (χ1n) is 6.88. The second kappa shape index (κ2) is 6.01. The van der Waals surface area contributed by atoms with Gasteiger partial charge in [-0.05, 0) is 24.1 Å². The number of nitrogens with zero attached hydrogens (tertiary/aromatic N) is 4. The first-order valence-corrected chi connectivity index (χ1v) is 8.51. The molecule has 11 heteroatoms. The Hall–Kier alpha value is -1.66. The number of aliphatic hydroxyl groups is 1. The summed E-state index contributed by atoms with van der Waals surface area (Å²) in [5.74, 6) is 0. The van der Waals surface area contributed by atoms with E-state index >= 15 is 0 Å². The zero-order valence-corrected chi connectivity index (χ0v) is 13.7. The molecule has 1 aromatic carbocycles.